The van der Waals surface area contributed by atoms with Crippen LogP contribution in [0.5, 0.6) is 0 Å². The maximum atomic E-state index is 12.3. The Morgan fingerprint density at radius 2 is 1.17 bits per heavy atom. The molecule has 0 heterocycles. The van der Waals surface area contributed by atoms with Crippen LogP contribution in [-0.4, -0.2) is 33.3 Å². The van der Waals surface area contributed by atoms with Crippen molar-refractivity contribution in [3.63, 3.8) is 0 Å². The first-order chi connectivity index (χ1) is 22.3. The summed E-state index contributed by atoms with van der Waals surface area (Å²) in [7, 11) is -2.44. The number of carbonyl (C=O) groups is 1. The normalized spacial score (nSPS) is 10.7. The molecule has 0 N–H and O–H groups in total. The molecule has 0 amide bonds. The number of hydrogen-bond donors (Lipinski definition) is 0. The number of ketones is 1. The average molecular weight is 721 g/mol. The van der Waals surface area contributed by atoms with E-state index in [1.807, 2.05) is 0 Å². The van der Waals surface area contributed by atoms with E-state index in [4.69, 9.17) is 23.1 Å². The second-order valence-corrected chi connectivity index (χ2v) is 16.4. The summed E-state index contributed by atoms with van der Waals surface area (Å²) in [6.07, 6.45) is 13.6. The average Bonchev–Trinajstić information content (AvgIpc) is 3.09. The first-order valence-corrected chi connectivity index (χ1v) is 18.2. The molecule has 0 aliphatic heterocycles. The summed E-state index contributed by atoms with van der Waals surface area (Å²) >= 11 is 0. The van der Waals surface area contributed by atoms with Gasteiger partial charge in [0.1, 0.15) is 5.78 Å². The minimum Gasteiger partial charge on any atom is -0.358 e. The Kier molecular flexibility index (Phi) is 37.4. The molecule has 0 fully saturated rings. The number of hydrogen-bond acceptors (Lipinski definition) is 4. The van der Waals surface area contributed by atoms with Crippen LogP contribution in [0.2, 0.25) is 5.04 Å². The van der Waals surface area contributed by atoms with Crippen LogP contribution in [0.4, 0.5) is 0 Å². The molecule has 0 aliphatic carbocycles. The van der Waals surface area contributed by atoms with Crippen LogP contribution in [0.15, 0.2) is 60.7 Å². The van der Waals surface area contributed by atoms with Crippen LogP contribution in [0.1, 0.15) is 118 Å². The summed E-state index contributed by atoms with van der Waals surface area (Å²) < 4.78 is 34.6. The van der Waals surface area contributed by atoms with Gasteiger partial charge in [0.2, 0.25) is 0 Å². The van der Waals surface area contributed by atoms with E-state index >= 15 is 0 Å². The number of unbranched alkanes of at least 4 members (excludes halogenated alkanes) is 7. The summed E-state index contributed by atoms with van der Waals surface area (Å²) in [6.45, 7) is 25.0. The Hall–Kier alpha value is -2.50. The molecule has 7 nitrogen and oxygen atoms in total. The van der Waals surface area contributed by atoms with Crippen molar-refractivity contribution < 1.29 is 49.8 Å². The maximum absolute atomic E-state index is 12.3. The number of Topliss-reactive ketones (excluding diaryl/α,β-unsaturated/α-hetero) is 1. The Morgan fingerprint density at radius 1 is 0.729 bits per heavy atom. The summed E-state index contributed by atoms with van der Waals surface area (Å²) in [5.74, 6) is 0.334. The molecule has 2 aromatic rings. The fraction of sp³-hybridized carbons (Fsp3) is 0.538. The predicted octanol–water partition coefficient (Wildman–Crippen LogP) is 8.40. The molecular weight excluding hydrogens is 664 g/mol. The smallest absolute Gasteiger partial charge is 0.358 e. The van der Waals surface area contributed by atoms with Crippen LogP contribution < -0.4 is 10.4 Å². The molecule has 0 unspecified atom stereocenters. The van der Waals surface area contributed by atoms with Gasteiger partial charge in [0.05, 0.1) is 6.10 Å². The molecule has 2 aromatic carbocycles. The van der Waals surface area contributed by atoms with Crippen LogP contribution in [-0.2, 0) is 49.8 Å². The third kappa shape index (κ3) is 20.8. The molecule has 0 bridgehead atoms. The second kappa shape index (κ2) is 34.4. The summed E-state index contributed by atoms with van der Waals surface area (Å²) in [6, 6.07) is 21.7. The van der Waals surface area contributed by atoms with E-state index in [1.165, 1.54) is 16.8 Å². The van der Waals surface area contributed by atoms with E-state index in [2.05, 4.69) is 108 Å². The maximum Gasteiger partial charge on any atom is 2.00 e. The van der Waals surface area contributed by atoms with Gasteiger partial charge in [0.15, 0.2) is 0 Å². The summed E-state index contributed by atoms with van der Waals surface area (Å²) in [5.41, 5.74) is 0. The van der Waals surface area contributed by atoms with Crippen LogP contribution >= 0.6 is 0 Å². The Morgan fingerprint density at radius 3 is 1.62 bits per heavy atom. The minimum absolute atomic E-state index is 0. The fourth-order valence-electron chi connectivity index (χ4n) is 5.72. The topological polar surface area (TPSA) is 112 Å². The Bertz CT molecular complexity index is 1030. The van der Waals surface area contributed by atoms with Gasteiger partial charge in [-0.05, 0) is 53.9 Å². The van der Waals surface area contributed by atoms with Crippen molar-refractivity contribution in [1.29, 1.82) is 0 Å². The van der Waals surface area contributed by atoms with Crippen molar-refractivity contribution in [2.24, 2.45) is 0 Å². The van der Waals surface area contributed by atoms with E-state index in [9.17, 15) is 9.59 Å². The van der Waals surface area contributed by atoms with Gasteiger partial charge in [-0.15, -0.1) is 0 Å². The van der Waals surface area contributed by atoms with Gasteiger partial charge >= 0.3 is 51.0 Å². The van der Waals surface area contributed by atoms with E-state index in [0.29, 0.717) is 18.6 Å². The van der Waals surface area contributed by atoms with E-state index < -0.39 is 8.32 Å². The molecule has 0 saturated carbocycles. The van der Waals surface area contributed by atoms with Gasteiger partial charge in [-0.1, -0.05) is 133 Å². The van der Waals surface area contributed by atoms with Gasteiger partial charge < -0.3 is 21.4 Å². The molecule has 9 heteroatoms. The van der Waals surface area contributed by atoms with Crippen molar-refractivity contribution in [3.05, 3.63) is 88.0 Å². The zero-order chi connectivity index (χ0) is 35.1. The predicted molar refractivity (Wildman–Crippen MR) is 188 cm³/mol. The molecular formula is C39H56FeO7Si. The van der Waals surface area contributed by atoms with Crippen molar-refractivity contribution in [2.45, 2.75) is 129 Å². The van der Waals surface area contributed by atoms with Gasteiger partial charge in [-0.2, -0.15) is 0 Å². The van der Waals surface area contributed by atoms with E-state index in [1.54, 1.807) is 6.47 Å². The monoisotopic (exact) mass is 720 g/mol. The first-order valence-electron chi connectivity index (χ1n) is 16.3. The first kappa shape index (κ1) is 52.3. The standard InChI is InChI=1S/C35H53O4Si.3CO.CH3.Fe/c1-5-6-13-23-32(38-30-36)24-20-22-31(37)21-14-9-7-8-10-19-29-39-40(35(2,3)4,33-25-15-11-16-26-33)34-27-17-12-18-28-34;3*1-2;;/h11-12,15-18,25-28,32H,5-10,13-14,19-24,29H2,1-4H3;;;;1H3;/q-1;;;;-1;+2/t32-;;;;;/m0...../s1. The quantitative estimate of drug-likeness (QED) is 0.0526. The molecule has 2 rings (SSSR count). The largest absolute Gasteiger partial charge is 2.00 e. The van der Waals surface area contributed by atoms with Crippen molar-refractivity contribution >= 4 is 30.9 Å². The summed E-state index contributed by atoms with van der Waals surface area (Å²) in [5, 5.41) is 2.68. The molecule has 1 atom stereocenters. The number of rotatable bonds is 22. The van der Waals surface area contributed by atoms with Gasteiger partial charge in [0.25, 0.3) is 8.32 Å². The van der Waals surface area contributed by atoms with Crippen molar-refractivity contribution in [1.82, 2.24) is 0 Å². The zero-order valence-electron chi connectivity index (χ0n) is 29.7. The van der Waals surface area contributed by atoms with Gasteiger partial charge in [-0.25, -0.2) is 0 Å². The Labute approximate surface area is 303 Å². The van der Waals surface area contributed by atoms with E-state index in [0.717, 1.165) is 77.2 Å². The minimum atomic E-state index is -2.44. The van der Waals surface area contributed by atoms with Gasteiger partial charge in [0, 0.05) is 19.4 Å². The number of benzene rings is 2. The molecule has 48 heavy (non-hydrogen) atoms. The number of carbonyl (C=O) groups excluding carboxylic acids is 2. The summed E-state index contributed by atoms with van der Waals surface area (Å²) in [4.78, 5) is 22.9. The van der Waals surface area contributed by atoms with Crippen LogP contribution in [0, 0.1) is 27.4 Å². The third-order valence-electron chi connectivity index (χ3n) is 7.91. The van der Waals surface area contributed by atoms with Gasteiger partial charge in [-0.3, -0.25) is 4.79 Å². The van der Waals surface area contributed by atoms with Crippen molar-refractivity contribution in [2.75, 3.05) is 6.61 Å². The zero-order valence-corrected chi connectivity index (χ0v) is 31.8. The molecule has 0 aliphatic rings. The molecule has 0 spiro atoms. The van der Waals surface area contributed by atoms with Crippen LogP contribution in [0.25, 0.3) is 0 Å². The molecule has 266 valence electrons. The SMILES string of the molecule is CCCCC[C@@H](CCCC(=O)CCCCCCCCO[Si](c1ccccc1)(c1ccccc1)C(C)(C)C)O[C-]=O.[C-]#[O+].[C-]#[O+].[C-]#[O+].[CH3-].[Fe+2]. The fourth-order valence-corrected chi connectivity index (χ4v) is 10.3. The number of ether oxygens (including phenoxy) is 1. The third-order valence-corrected chi connectivity index (χ3v) is 13.0. The Balaban J connectivity index is -0.00000114. The van der Waals surface area contributed by atoms with Crippen LogP contribution in [0.3, 0.4) is 0 Å². The van der Waals surface area contributed by atoms with E-state index in [-0.39, 0.29) is 35.6 Å². The molecule has 0 saturated heterocycles. The molecule has 0 aromatic heterocycles. The molecule has 0 radical (unpaired) electrons. The second-order valence-electron chi connectivity index (χ2n) is 12.1. The van der Waals surface area contributed by atoms with Crippen molar-refractivity contribution in [3.8, 4) is 0 Å².